The third kappa shape index (κ3) is 3.18. The van der Waals surface area contributed by atoms with Crippen molar-refractivity contribution in [1.82, 2.24) is 20.4 Å². The van der Waals surface area contributed by atoms with E-state index >= 15 is 0 Å². The van der Waals surface area contributed by atoms with Crippen molar-refractivity contribution in [2.75, 3.05) is 6.26 Å². The summed E-state index contributed by atoms with van der Waals surface area (Å²) in [7, 11) is 0. The molecule has 1 heterocycles. The molecular formula is C6H3N6NaS. The smallest absolute Gasteiger partial charge is 0.762 e. The third-order valence-electron chi connectivity index (χ3n) is 1.09. The summed E-state index contributed by atoms with van der Waals surface area (Å²) in [6, 6.07) is 1.65. The Balaban J connectivity index is 0.00000169. The molecule has 0 radical (unpaired) electrons. The number of nitriles is 1. The van der Waals surface area contributed by atoms with Gasteiger partial charge in [-0.1, -0.05) is 11.8 Å². The number of rotatable bonds is 2. The van der Waals surface area contributed by atoms with Crippen molar-refractivity contribution in [3.05, 3.63) is 11.2 Å². The van der Waals surface area contributed by atoms with Crippen molar-refractivity contribution in [1.29, 1.82) is 5.26 Å². The van der Waals surface area contributed by atoms with Crippen molar-refractivity contribution in [2.24, 2.45) is 0 Å². The van der Waals surface area contributed by atoms with Gasteiger partial charge in [-0.15, -0.1) is 20.4 Å². The number of allylic oxidation sites excluding steroid dienone is 1. The molecule has 0 bridgehead atoms. The molecular weight excluding hydrogens is 211 g/mol. The molecule has 1 aromatic rings. The third-order valence-corrected chi connectivity index (χ3v) is 1.62. The Labute approximate surface area is 107 Å². The molecule has 8 heteroatoms. The average molecular weight is 214 g/mol. The SMILES string of the molecule is CSc1nnc(C(=C=[N-])C#N)nn1.[Na+]. The van der Waals surface area contributed by atoms with Gasteiger partial charge in [-0.3, -0.25) is 0 Å². The van der Waals surface area contributed by atoms with Crippen LogP contribution in [0.3, 0.4) is 0 Å². The van der Waals surface area contributed by atoms with E-state index in [-0.39, 0.29) is 41.0 Å². The fraction of sp³-hybridized carbons (Fsp3) is 0.167. The van der Waals surface area contributed by atoms with Crippen LogP contribution in [0.25, 0.3) is 11.0 Å². The van der Waals surface area contributed by atoms with Gasteiger partial charge < -0.3 is 5.41 Å². The van der Waals surface area contributed by atoms with Gasteiger partial charge in [0.15, 0.2) is 0 Å². The Morgan fingerprint density at radius 3 is 2.29 bits per heavy atom. The van der Waals surface area contributed by atoms with Crippen LogP contribution in [0.1, 0.15) is 5.82 Å². The molecule has 0 saturated heterocycles. The summed E-state index contributed by atoms with van der Waals surface area (Å²) >= 11 is 1.28. The molecule has 0 atom stereocenters. The first-order valence-electron chi connectivity index (χ1n) is 3.10. The van der Waals surface area contributed by atoms with Gasteiger partial charge in [0.25, 0.3) is 0 Å². The molecule has 0 aliphatic carbocycles. The second-order valence-electron chi connectivity index (χ2n) is 1.81. The van der Waals surface area contributed by atoms with E-state index < -0.39 is 0 Å². The standard InChI is InChI=1S/C6H3N6S.Na/c1-13-6-11-9-5(10-12-6)4(2-7)3-8;/h1H3;/q-1;+1. The molecule has 1 aromatic heterocycles. The second kappa shape index (κ2) is 6.65. The predicted octanol–water partition coefficient (Wildman–Crippen LogP) is -2.86. The van der Waals surface area contributed by atoms with E-state index in [0.29, 0.717) is 5.16 Å². The zero-order valence-corrected chi connectivity index (χ0v) is 10.4. The van der Waals surface area contributed by atoms with E-state index in [0.717, 1.165) is 0 Å². The van der Waals surface area contributed by atoms with E-state index in [4.69, 9.17) is 10.7 Å². The van der Waals surface area contributed by atoms with Crippen molar-refractivity contribution in [3.63, 3.8) is 0 Å². The largest absolute Gasteiger partial charge is 1.00 e. The summed E-state index contributed by atoms with van der Waals surface area (Å²) in [5.74, 6) is 1.61. The Morgan fingerprint density at radius 1 is 1.36 bits per heavy atom. The number of hydrogen-bond donors (Lipinski definition) is 0. The first-order valence-corrected chi connectivity index (χ1v) is 4.33. The molecule has 64 valence electrons. The summed E-state index contributed by atoms with van der Waals surface area (Å²) in [5.41, 5.74) is -0.187. The van der Waals surface area contributed by atoms with E-state index in [1.807, 2.05) is 0 Å². The molecule has 0 amide bonds. The quantitative estimate of drug-likeness (QED) is 0.227. The molecule has 0 aliphatic rings. The Bertz CT molecular complexity index is 390. The van der Waals surface area contributed by atoms with Crippen LogP contribution < -0.4 is 29.6 Å². The van der Waals surface area contributed by atoms with Gasteiger partial charge in [0.05, 0.1) is 0 Å². The van der Waals surface area contributed by atoms with Crippen molar-refractivity contribution >= 4 is 23.2 Å². The van der Waals surface area contributed by atoms with Crippen LogP contribution in [0.15, 0.2) is 5.16 Å². The van der Waals surface area contributed by atoms with Gasteiger partial charge in [-0.05, 0) is 6.26 Å². The minimum Gasteiger partial charge on any atom is -0.762 e. The summed E-state index contributed by atoms with van der Waals surface area (Å²) < 4.78 is 0. The molecule has 0 aromatic carbocycles. The van der Waals surface area contributed by atoms with Gasteiger partial charge in [-0.25, -0.2) is 5.87 Å². The Kier molecular flexibility index (Phi) is 6.28. The molecule has 0 fully saturated rings. The van der Waals surface area contributed by atoms with E-state index in [1.165, 1.54) is 11.8 Å². The topological polar surface area (TPSA) is 97.7 Å². The van der Waals surface area contributed by atoms with Gasteiger partial charge >= 0.3 is 29.6 Å². The zero-order chi connectivity index (χ0) is 9.68. The van der Waals surface area contributed by atoms with E-state index in [9.17, 15) is 0 Å². The Morgan fingerprint density at radius 2 is 1.93 bits per heavy atom. The molecule has 0 N–H and O–H groups in total. The van der Waals surface area contributed by atoms with Crippen molar-refractivity contribution < 1.29 is 29.6 Å². The minimum atomic E-state index is -0.187. The van der Waals surface area contributed by atoms with E-state index in [2.05, 4.69) is 20.4 Å². The fourth-order valence-corrected chi connectivity index (χ4v) is 0.772. The average Bonchev–Trinajstić information content (AvgIpc) is 2.21. The summed E-state index contributed by atoms with van der Waals surface area (Å²) in [4.78, 5) is 0. The zero-order valence-electron chi connectivity index (χ0n) is 7.59. The van der Waals surface area contributed by atoms with Crippen LogP contribution in [-0.2, 0) is 0 Å². The van der Waals surface area contributed by atoms with Crippen molar-refractivity contribution in [3.8, 4) is 6.07 Å². The predicted molar refractivity (Wildman–Crippen MR) is 46.8 cm³/mol. The van der Waals surface area contributed by atoms with Crippen LogP contribution in [0.4, 0.5) is 0 Å². The van der Waals surface area contributed by atoms with Crippen LogP contribution in [-0.4, -0.2) is 32.5 Å². The second-order valence-corrected chi connectivity index (χ2v) is 2.58. The number of thioether (sulfide) groups is 1. The molecule has 14 heavy (non-hydrogen) atoms. The van der Waals surface area contributed by atoms with Crippen LogP contribution in [0.5, 0.6) is 0 Å². The van der Waals surface area contributed by atoms with Gasteiger partial charge in [0, 0.05) is 0 Å². The van der Waals surface area contributed by atoms with E-state index in [1.54, 1.807) is 18.2 Å². The van der Waals surface area contributed by atoms with Gasteiger partial charge in [0.2, 0.25) is 11.0 Å². The van der Waals surface area contributed by atoms with Crippen molar-refractivity contribution in [2.45, 2.75) is 5.16 Å². The van der Waals surface area contributed by atoms with Crippen LogP contribution in [0, 0.1) is 11.3 Å². The summed E-state index contributed by atoms with van der Waals surface area (Å²) in [6.45, 7) is 0. The summed E-state index contributed by atoms with van der Waals surface area (Å²) in [5, 5.41) is 31.7. The Hall–Kier alpha value is -0.770. The maximum Gasteiger partial charge on any atom is 1.00 e. The molecule has 1 rings (SSSR count). The molecule has 6 nitrogen and oxygen atoms in total. The normalized spacial score (nSPS) is 8.00. The fourth-order valence-electron chi connectivity index (χ4n) is 0.527. The number of hydrogen-bond acceptors (Lipinski definition) is 6. The monoisotopic (exact) mass is 214 g/mol. The van der Waals surface area contributed by atoms with Crippen LogP contribution >= 0.6 is 11.8 Å². The molecule has 0 saturated carbocycles. The first kappa shape index (κ1) is 13.2. The number of aromatic nitrogens is 4. The van der Waals surface area contributed by atoms with Gasteiger partial charge in [0.1, 0.15) is 11.6 Å². The molecule has 0 unspecified atom stereocenters. The first-order chi connectivity index (χ1) is 6.31. The van der Waals surface area contributed by atoms with Crippen LogP contribution in [0.2, 0.25) is 0 Å². The maximum atomic E-state index is 8.46. The number of nitrogens with zero attached hydrogens (tertiary/aromatic N) is 6. The summed E-state index contributed by atoms with van der Waals surface area (Å²) in [6.07, 6.45) is 1.78. The molecule has 0 aliphatic heterocycles. The molecule has 0 spiro atoms. The minimum absolute atomic E-state index is 0. The van der Waals surface area contributed by atoms with Gasteiger partial charge in [-0.2, -0.15) is 5.26 Å². The maximum absolute atomic E-state index is 8.46.